The molecule has 3 atom stereocenters. The van der Waals surface area contributed by atoms with Gasteiger partial charge in [0.05, 0.1) is 50.2 Å². The molecule has 1 spiro atoms. The van der Waals surface area contributed by atoms with Crippen molar-refractivity contribution in [1.82, 2.24) is 15.1 Å². The van der Waals surface area contributed by atoms with Gasteiger partial charge in [-0.2, -0.15) is 0 Å². The lowest BCUT2D eigenvalue weighted by Crippen LogP contribution is -2.54. The average molecular weight is 1390 g/mol. The minimum Gasteiger partial charge on any atom is -0.389 e. The minimum atomic E-state index is -3.25. The number of hydrogen-bond acceptors (Lipinski definition) is 15. The van der Waals surface area contributed by atoms with Crippen LogP contribution in [0.25, 0.3) is 0 Å². The number of sulfone groups is 3. The Labute approximate surface area is 582 Å². The fraction of sp³-hybridized carbons (Fsp3) is 0.544. The summed E-state index contributed by atoms with van der Waals surface area (Å²) in [6.07, 6.45) is 16.7. The molecule has 6 aromatic rings. The summed E-state index contributed by atoms with van der Waals surface area (Å²) >= 11 is 0. The Bertz CT molecular complexity index is 3680. The first-order chi connectivity index (χ1) is 45.3. The van der Waals surface area contributed by atoms with Gasteiger partial charge in [0, 0.05) is 114 Å². The largest absolute Gasteiger partial charge is 0.389 e. The Balaban J connectivity index is 0.000000160. The minimum absolute atomic E-state index is 0. The fourth-order valence-electron chi connectivity index (χ4n) is 14.7. The predicted molar refractivity (Wildman–Crippen MR) is 396 cm³/mol. The van der Waals surface area contributed by atoms with Crippen LogP contribution in [0.2, 0.25) is 0 Å². The van der Waals surface area contributed by atoms with Gasteiger partial charge >= 0.3 is 0 Å². The van der Waals surface area contributed by atoms with E-state index in [4.69, 9.17) is 4.74 Å². The van der Waals surface area contributed by atoms with Crippen LogP contribution >= 0.6 is 0 Å². The molecule has 4 heterocycles. The monoisotopic (exact) mass is 1380 g/mol. The molecule has 6 aromatic carbocycles. The molecule has 97 heavy (non-hydrogen) atoms. The summed E-state index contributed by atoms with van der Waals surface area (Å²) in [4.78, 5) is 12.7. The Kier molecular flexibility index (Phi) is 24.2. The maximum Gasteiger partial charge on any atom is 0.175 e. The van der Waals surface area contributed by atoms with Gasteiger partial charge in [0.1, 0.15) is 0 Å². The van der Waals surface area contributed by atoms with Gasteiger partial charge in [0.25, 0.3) is 0 Å². The number of aliphatic hydroxyl groups is 2. The van der Waals surface area contributed by atoms with E-state index >= 15 is 0 Å². The molecule has 3 saturated carbocycles. The zero-order valence-corrected chi connectivity index (χ0v) is 61.0. The summed E-state index contributed by atoms with van der Waals surface area (Å²) in [5, 5.41) is 26.3. The molecular weight excluding hydrogens is 1270 g/mol. The van der Waals surface area contributed by atoms with Crippen LogP contribution in [0.15, 0.2) is 178 Å². The van der Waals surface area contributed by atoms with Gasteiger partial charge in [-0.25, -0.2) is 25.3 Å². The Morgan fingerprint density at radius 1 is 0.412 bits per heavy atom. The van der Waals surface area contributed by atoms with Gasteiger partial charge in [0.2, 0.25) is 0 Å². The Morgan fingerprint density at radius 2 is 0.732 bits per heavy atom. The molecule has 0 amide bonds. The molecule has 530 valence electrons. The Hall–Kier alpha value is -5.67. The molecule has 3 aliphatic carbocycles. The number of piperazine rings is 3. The van der Waals surface area contributed by atoms with Crippen LogP contribution < -0.4 is 20.0 Å². The van der Waals surface area contributed by atoms with Crippen molar-refractivity contribution < 1.29 is 40.2 Å². The molecule has 13 rings (SSSR count). The van der Waals surface area contributed by atoms with Crippen molar-refractivity contribution >= 4 is 46.6 Å². The molecule has 4 aliphatic heterocycles. The third-order valence-corrected chi connectivity index (χ3v) is 25.0. The molecule has 0 aromatic heterocycles. The van der Waals surface area contributed by atoms with E-state index in [0.717, 1.165) is 134 Å². The van der Waals surface area contributed by atoms with E-state index in [0.29, 0.717) is 49.6 Å². The molecule has 4 saturated heterocycles. The third kappa shape index (κ3) is 21.0. The number of hydrogen-bond donors (Lipinski definition) is 3. The first kappa shape index (κ1) is 75.5. The molecule has 18 heteroatoms. The van der Waals surface area contributed by atoms with Crippen molar-refractivity contribution in [3.05, 3.63) is 180 Å². The third-order valence-electron chi connectivity index (χ3n) is 21.7. The van der Waals surface area contributed by atoms with E-state index in [1.54, 1.807) is 36.4 Å². The van der Waals surface area contributed by atoms with Crippen LogP contribution in [0.1, 0.15) is 161 Å². The van der Waals surface area contributed by atoms with Crippen LogP contribution in [0, 0.1) is 16.2 Å². The summed E-state index contributed by atoms with van der Waals surface area (Å²) in [5.74, 6) is 0. The maximum absolute atomic E-state index is 12.1. The first-order valence-corrected chi connectivity index (χ1v) is 40.5. The molecule has 0 radical (unpaired) electrons. The second-order valence-corrected chi connectivity index (χ2v) is 37.3. The topological polar surface area (TPSA) is 184 Å². The maximum atomic E-state index is 12.1. The molecule has 15 nitrogen and oxygen atoms in total. The van der Waals surface area contributed by atoms with Crippen molar-refractivity contribution in [3.8, 4) is 0 Å². The predicted octanol–water partition coefficient (Wildman–Crippen LogP) is 13.8. The molecule has 3 N–H and O–H groups in total. The second kappa shape index (κ2) is 31.1. The summed E-state index contributed by atoms with van der Waals surface area (Å²) < 4.78 is 77.1. The number of benzene rings is 6. The number of anilines is 3. The lowest BCUT2D eigenvalue weighted by Gasteiger charge is -2.48. The first-order valence-electron chi connectivity index (χ1n) is 34.9. The van der Waals surface area contributed by atoms with Crippen molar-refractivity contribution in [3.63, 3.8) is 0 Å². The van der Waals surface area contributed by atoms with E-state index in [1.807, 2.05) is 66.7 Å². The van der Waals surface area contributed by atoms with E-state index in [1.165, 1.54) is 61.1 Å². The highest BCUT2D eigenvalue weighted by molar-refractivity contribution is 7.91. The van der Waals surface area contributed by atoms with Gasteiger partial charge in [-0.1, -0.05) is 158 Å². The van der Waals surface area contributed by atoms with Crippen LogP contribution in [0.3, 0.4) is 0 Å². The molecular formula is C79H112N6O9S3. The van der Waals surface area contributed by atoms with E-state index < -0.39 is 40.7 Å². The summed E-state index contributed by atoms with van der Waals surface area (Å²) in [6.45, 7) is 23.7. The molecule has 0 unspecified atom stereocenters. The van der Waals surface area contributed by atoms with Gasteiger partial charge < -0.3 is 35.0 Å². The van der Waals surface area contributed by atoms with Crippen molar-refractivity contribution in [2.45, 2.75) is 176 Å². The second-order valence-electron chi connectivity index (χ2n) is 31.3. The summed E-state index contributed by atoms with van der Waals surface area (Å²) in [6, 6.07) is 53.5. The van der Waals surface area contributed by atoms with Gasteiger partial charge in [-0.05, 0) is 165 Å². The van der Waals surface area contributed by atoms with Crippen LogP contribution in [-0.2, 0) is 34.2 Å². The molecule has 0 bridgehead atoms. The number of rotatable bonds is 13. The highest BCUT2D eigenvalue weighted by atomic mass is 32.2. The number of nitrogens with zero attached hydrogens (tertiary/aromatic N) is 5. The summed E-state index contributed by atoms with van der Waals surface area (Å²) in [5.41, 5.74) is 6.89. The Morgan fingerprint density at radius 3 is 1.06 bits per heavy atom. The smallest absolute Gasteiger partial charge is 0.175 e. The van der Waals surface area contributed by atoms with Crippen LogP contribution in [0.4, 0.5) is 17.1 Å². The number of epoxide rings is 1. The normalized spacial score (nSPS) is 23.5. The van der Waals surface area contributed by atoms with Crippen molar-refractivity contribution in [2.75, 3.05) is 112 Å². The number of nitrogens with one attached hydrogen (secondary N) is 1. The molecule has 7 aliphatic rings. The van der Waals surface area contributed by atoms with Gasteiger partial charge in [-0.3, -0.25) is 9.80 Å². The van der Waals surface area contributed by atoms with E-state index in [-0.39, 0.29) is 25.6 Å². The van der Waals surface area contributed by atoms with Crippen molar-refractivity contribution in [1.29, 1.82) is 0 Å². The fourth-order valence-corrected chi connectivity index (χ4v) is 16.7. The lowest BCUT2D eigenvalue weighted by atomic mass is 9.70. The van der Waals surface area contributed by atoms with E-state index in [2.05, 4.69) is 132 Å². The zero-order chi connectivity index (χ0) is 68.8. The molecule has 7 fully saturated rings. The lowest BCUT2D eigenvalue weighted by molar-refractivity contribution is -0.0592. The summed E-state index contributed by atoms with van der Waals surface area (Å²) in [7, 11) is -9.67. The SMILES string of the molecule is C.CC1(C)CCC(O)(CN2CCN(c3cccc(S(C)(=O)=O)c3)C[C@@H]2c2ccccc2)CC1.CC1(C)CCC(O)(CN2CCN(c3cccc(S(C)(=O)=O)c3)C[C@H]2c2ccccc2)CC1.CC1(C)CCC2(CC1)CO2.CS(=O)(=O)c1cccc(N2CCN[C@@H](c3ccccc3)C2)c1. The van der Waals surface area contributed by atoms with Crippen LogP contribution in [0.5, 0.6) is 0 Å². The van der Waals surface area contributed by atoms with Crippen LogP contribution in [-0.4, -0.2) is 159 Å². The van der Waals surface area contributed by atoms with Gasteiger partial charge in [0.15, 0.2) is 29.5 Å². The van der Waals surface area contributed by atoms with E-state index in [9.17, 15) is 35.5 Å². The quantitative estimate of drug-likeness (QED) is 0.0928. The average Bonchev–Trinajstić information content (AvgIpc) is 1.77. The highest BCUT2D eigenvalue weighted by Crippen LogP contribution is 2.49. The van der Waals surface area contributed by atoms with Crippen molar-refractivity contribution in [2.24, 2.45) is 16.2 Å². The van der Waals surface area contributed by atoms with Gasteiger partial charge in [-0.15, -0.1) is 0 Å². The zero-order valence-electron chi connectivity index (χ0n) is 58.5. The number of β-amino-alcohol motifs (C(OH)–C–C–N with tert-alkyl or cyclic N) is 2. The highest BCUT2D eigenvalue weighted by Gasteiger charge is 2.49. The standard InChI is InChI=1S/2C26H36N2O3S.C17H20N2O2S.C9H16O.CH4/c2*1-25(2)12-14-26(29,15-13-25)20-28-17-16-27(19-24(28)21-8-5-4-6-9-21)22-10-7-11-23(18-22)32(3,30)31;1-22(20,21)16-9-5-8-15(12-16)19-11-10-18-17(13-19)14-6-3-2-4-7-14;1-8(2)3-5-9(6-4-8)7-10-9;/h2*4-11,18,24,29H,12-17,19-20H2,1-3H3;2-9,12,17-18H,10-11,13H2,1H3;3-7H2,1-2H3;1H4/t2*24-;17-;;/m101../s1. The number of ether oxygens (including phenoxy) is 1.